The number of rotatable bonds is 3. The summed E-state index contributed by atoms with van der Waals surface area (Å²) in [4.78, 5) is 9.58. The van der Waals surface area contributed by atoms with Crippen LogP contribution in [0.15, 0.2) is 43.9 Å². The van der Waals surface area contributed by atoms with E-state index in [0.29, 0.717) is 10.7 Å². The van der Waals surface area contributed by atoms with Crippen LogP contribution in [0.4, 0.5) is 0 Å². The Bertz CT molecular complexity index is 655. The van der Waals surface area contributed by atoms with Crippen molar-refractivity contribution in [3.8, 4) is 0 Å². The lowest BCUT2D eigenvalue weighted by atomic mass is 10.2. The summed E-state index contributed by atoms with van der Waals surface area (Å²) in [5.41, 5.74) is 8.14. The summed E-state index contributed by atoms with van der Waals surface area (Å²) in [5.74, 6) is 0.0596. The van der Waals surface area contributed by atoms with E-state index in [4.69, 9.17) is 10.9 Å². The summed E-state index contributed by atoms with van der Waals surface area (Å²) in [6.45, 7) is 3.84. The number of amidine groups is 1. The maximum absolute atomic E-state index is 8.85. The van der Waals surface area contributed by atoms with Gasteiger partial charge in [-0.05, 0) is 49.9 Å². The second-order valence-corrected chi connectivity index (χ2v) is 6.09. The standard InChI is InChI=1S/C13H13BrN4OS/c1-7-5-8(2)17-13(16-7)20-11-6-9(14)3-4-10(11)12(15)18-19/h3-6,19H,1-2H3,(H2,15,18). The molecule has 1 aromatic heterocycles. The van der Waals surface area contributed by atoms with Gasteiger partial charge in [-0.2, -0.15) is 0 Å². The molecule has 0 amide bonds. The molecule has 104 valence electrons. The SMILES string of the molecule is Cc1cc(C)nc(Sc2cc(Br)ccc2/C(N)=N/O)n1. The van der Waals surface area contributed by atoms with Gasteiger partial charge in [0, 0.05) is 26.3 Å². The third kappa shape index (κ3) is 3.49. The summed E-state index contributed by atoms with van der Waals surface area (Å²) in [6.07, 6.45) is 0. The second kappa shape index (κ2) is 6.23. The van der Waals surface area contributed by atoms with E-state index in [1.165, 1.54) is 11.8 Å². The van der Waals surface area contributed by atoms with Gasteiger partial charge in [0.25, 0.3) is 0 Å². The smallest absolute Gasteiger partial charge is 0.192 e. The van der Waals surface area contributed by atoms with Gasteiger partial charge in [0.15, 0.2) is 11.0 Å². The van der Waals surface area contributed by atoms with Crippen molar-refractivity contribution in [1.29, 1.82) is 0 Å². The minimum absolute atomic E-state index is 0.0596. The molecule has 1 heterocycles. The highest BCUT2D eigenvalue weighted by atomic mass is 79.9. The van der Waals surface area contributed by atoms with E-state index in [-0.39, 0.29) is 5.84 Å². The van der Waals surface area contributed by atoms with E-state index < -0.39 is 0 Å². The van der Waals surface area contributed by atoms with Crippen molar-refractivity contribution in [2.45, 2.75) is 23.9 Å². The number of hydrogen-bond donors (Lipinski definition) is 2. The van der Waals surface area contributed by atoms with Gasteiger partial charge in [0.1, 0.15) is 0 Å². The fourth-order valence-electron chi connectivity index (χ4n) is 1.68. The van der Waals surface area contributed by atoms with Crippen LogP contribution in [0.1, 0.15) is 17.0 Å². The summed E-state index contributed by atoms with van der Waals surface area (Å²) < 4.78 is 0.902. The third-order valence-corrected chi connectivity index (χ3v) is 3.91. The topological polar surface area (TPSA) is 84.4 Å². The van der Waals surface area contributed by atoms with Crippen LogP contribution in [0, 0.1) is 13.8 Å². The largest absolute Gasteiger partial charge is 0.409 e. The van der Waals surface area contributed by atoms with Crippen molar-refractivity contribution in [2.75, 3.05) is 0 Å². The molecule has 0 saturated heterocycles. The van der Waals surface area contributed by atoms with Crippen molar-refractivity contribution in [3.63, 3.8) is 0 Å². The summed E-state index contributed by atoms with van der Waals surface area (Å²) in [7, 11) is 0. The molecule has 0 spiro atoms. The Morgan fingerprint density at radius 3 is 2.50 bits per heavy atom. The lowest BCUT2D eigenvalue weighted by Gasteiger charge is -2.08. The van der Waals surface area contributed by atoms with Crippen LogP contribution >= 0.6 is 27.7 Å². The molecule has 0 fully saturated rings. The van der Waals surface area contributed by atoms with Crippen molar-refractivity contribution in [3.05, 3.63) is 45.7 Å². The Balaban J connectivity index is 2.44. The molecule has 0 aliphatic heterocycles. The molecule has 0 radical (unpaired) electrons. The molecule has 5 nitrogen and oxygen atoms in total. The van der Waals surface area contributed by atoms with Crippen LogP contribution in [-0.4, -0.2) is 21.0 Å². The van der Waals surface area contributed by atoms with Gasteiger partial charge in [0.2, 0.25) is 0 Å². The highest BCUT2D eigenvalue weighted by Gasteiger charge is 2.11. The first-order valence-corrected chi connectivity index (χ1v) is 7.38. The Morgan fingerprint density at radius 2 is 1.90 bits per heavy atom. The first-order chi connectivity index (χ1) is 9.49. The number of aryl methyl sites for hydroxylation is 2. The number of oxime groups is 1. The summed E-state index contributed by atoms with van der Waals surface area (Å²) in [6, 6.07) is 7.42. The van der Waals surface area contributed by atoms with E-state index in [0.717, 1.165) is 20.8 Å². The first-order valence-electron chi connectivity index (χ1n) is 5.77. The molecule has 7 heteroatoms. The molecular weight excluding hydrogens is 340 g/mol. The third-order valence-electron chi connectivity index (χ3n) is 2.49. The van der Waals surface area contributed by atoms with E-state index in [1.54, 1.807) is 6.07 Å². The van der Waals surface area contributed by atoms with Gasteiger partial charge < -0.3 is 10.9 Å². The predicted molar refractivity (Wildman–Crippen MR) is 82.3 cm³/mol. The number of nitrogens with zero attached hydrogens (tertiary/aromatic N) is 3. The van der Waals surface area contributed by atoms with Crippen molar-refractivity contribution in [2.24, 2.45) is 10.9 Å². The van der Waals surface area contributed by atoms with Gasteiger partial charge in [-0.15, -0.1) is 0 Å². The zero-order valence-corrected chi connectivity index (χ0v) is 13.4. The van der Waals surface area contributed by atoms with Gasteiger partial charge in [-0.3, -0.25) is 0 Å². The van der Waals surface area contributed by atoms with E-state index in [1.807, 2.05) is 32.0 Å². The number of hydrogen-bond acceptors (Lipinski definition) is 5. The zero-order valence-electron chi connectivity index (χ0n) is 11.0. The number of benzene rings is 1. The van der Waals surface area contributed by atoms with Crippen LogP contribution in [0.5, 0.6) is 0 Å². The van der Waals surface area contributed by atoms with Crippen LogP contribution in [-0.2, 0) is 0 Å². The average Bonchev–Trinajstić information content (AvgIpc) is 2.37. The maximum atomic E-state index is 8.85. The Labute approximate surface area is 129 Å². The molecule has 2 aromatic rings. The molecule has 0 aliphatic rings. The lowest BCUT2D eigenvalue weighted by molar-refractivity contribution is 0.318. The van der Waals surface area contributed by atoms with Gasteiger partial charge >= 0.3 is 0 Å². The normalized spacial score (nSPS) is 11.7. The van der Waals surface area contributed by atoms with Crippen LogP contribution in [0.3, 0.4) is 0 Å². The number of aromatic nitrogens is 2. The molecule has 0 unspecified atom stereocenters. The molecule has 0 atom stereocenters. The minimum Gasteiger partial charge on any atom is -0.409 e. The molecule has 0 saturated carbocycles. The minimum atomic E-state index is 0.0596. The van der Waals surface area contributed by atoms with E-state index in [2.05, 4.69) is 31.1 Å². The van der Waals surface area contributed by atoms with E-state index >= 15 is 0 Å². The highest BCUT2D eigenvalue weighted by molar-refractivity contribution is 9.10. The van der Waals surface area contributed by atoms with Crippen LogP contribution < -0.4 is 5.73 Å². The van der Waals surface area contributed by atoms with Gasteiger partial charge in [-0.1, -0.05) is 21.1 Å². The van der Waals surface area contributed by atoms with Crippen molar-refractivity contribution in [1.82, 2.24) is 9.97 Å². The highest BCUT2D eigenvalue weighted by Crippen LogP contribution is 2.30. The fraction of sp³-hybridized carbons (Fsp3) is 0.154. The maximum Gasteiger partial charge on any atom is 0.192 e. The quantitative estimate of drug-likeness (QED) is 0.291. The Morgan fingerprint density at radius 1 is 1.25 bits per heavy atom. The number of nitrogens with two attached hydrogens (primary N) is 1. The molecule has 2 rings (SSSR count). The molecule has 0 bridgehead atoms. The Kier molecular flexibility index (Phi) is 4.61. The monoisotopic (exact) mass is 352 g/mol. The molecule has 1 aromatic carbocycles. The number of halogens is 1. The molecule has 0 aliphatic carbocycles. The molecule has 20 heavy (non-hydrogen) atoms. The molecule has 3 N–H and O–H groups in total. The fourth-order valence-corrected chi connectivity index (χ4v) is 3.24. The van der Waals surface area contributed by atoms with Gasteiger partial charge in [-0.25, -0.2) is 9.97 Å². The Hall–Kier alpha value is -1.60. The van der Waals surface area contributed by atoms with Crippen molar-refractivity contribution >= 4 is 33.5 Å². The predicted octanol–water partition coefficient (Wildman–Crippen LogP) is 3.10. The summed E-state index contributed by atoms with van der Waals surface area (Å²) in [5, 5.41) is 12.5. The first kappa shape index (κ1) is 14.8. The second-order valence-electron chi connectivity index (χ2n) is 4.16. The van der Waals surface area contributed by atoms with E-state index in [9.17, 15) is 0 Å². The average molecular weight is 353 g/mol. The van der Waals surface area contributed by atoms with Crippen LogP contribution in [0.2, 0.25) is 0 Å². The van der Waals surface area contributed by atoms with Crippen LogP contribution in [0.25, 0.3) is 0 Å². The van der Waals surface area contributed by atoms with Gasteiger partial charge in [0.05, 0.1) is 0 Å². The van der Waals surface area contributed by atoms with Crippen molar-refractivity contribution < 1.29 is 5.21 Å². The zero-order chi connectivity index (χ0) is 14.7. The molecular formula is C13H13BrN4OS. The summed E-state index contributed by atoms with van der Waals surface area (Å²) >= 11 is 4.79. The lowest BCUT2D eigenvalue weighted by Crippen LogP contribution is -2.14.